The van der Waals surface area contributed by atoms with E-state index in [9.17, 15) is 19.2 Å². The number of amides is 4. The SMILES string of the molecule is COC(=O)Cn1cc(/C=C2\C(=O)NC(=O)N(c3cc(C)cc(C)c3)C2=O)c2ccccc21. The predicted octanol–water partition coefficient (Wildman–Crippen LogP) is 3.10. The van der Waals surface area contributed by atoms with E-state index in [1.807, 2.05) is 44.2 Å². The topological polar surface area (TPSA) is 97.7 Å². The highest BCUT2D eigenvalue weighted by atomic mass is 16.5. The van der Waals surface area contributed by atoms with Gasteiger partial charge in [0.05, 0.1) is 12.8 Å². The van der Waals surface area contributed by atoms with Gasteiger partial charge >= 0.3 is 12.0 Å². The van der Waals surface area contributed by atoms with Crippen LogP contribution in [0.5, 0.6) is 0 Å². The Morgan fingerprint density at radius 1 is 1.06 bits per heavy atom. The number of aryl methyl sites for hydroxylation is 2. The van der Waals surface area contributed by atoms with Crippen LogP contribution in [-0.2, 0) is 25.7 Å². The maximum atomic E-state index is 13.2. The summed E-state index contributed by atoms with van der Waals surface area (Å²) in [6.45, 7) is 3.70. The lowest BCUT2D eigenvalue weighted by Crippen LogP contribution is -2.54. The number of urea groups is 1. The van der Waals surface area contributed by atoms with E-state index in [4.69, 9.17) is 4.74 Å². The number of anilines is 1. The molecular formula is C24H21N3O5. The molecule has 2 heterocycles. The van der Waals surface area contributed by atoms with E-state index < -0.39 is 23.8 Å². The monoisotopic (exact) mass is 431 g/mol. The van der Waals surface area contributed by atoms with Crippen molar-refractivity contribution in [1.29, 1.82) is 0 Å². The highest BCUT2D eigenvalue weighted by Gasteiger charge is 2.37. The molecule has 0 atom stereocenters. The predicted molar refractivity (Wildman–Crippen MR) is 119 cm³/mol. The molecule has 0 spiro atoms. The van der Waals surface area contributed by atoms with Crippen molar-refractivity contribution < 1.29 is 23.9 Å². The molecule has 0 saturated carbocycles. The zero-order valence-corrected chi connectivity index (χ0v) is 17.8. The van der Waals surface area contributed by atoms with Crippen molar-refractivity contribution >= 4 is 46.5 Å². The summed E-state index contributed by atoms with van der Waals surface area (Å²) in [5.74, 6) is -1.91. The number of nitrogens with one attached hydrogen (secondary N) is 1. The summed E-state index contributed by atoms with van der Waals surface area (Å²) >= 11 is 0. The Morgan fingerprint density at radius 3 is 2.44 bits per heavy atom. The van der Waals surface area contributed by atoms with Crippen molar-refractivity contribution in [3.8, 4) is 0 Å². The summed E-state index contributed by atoms with van der Waals surface area (Å²) in [5, 5.41) is 2.99. The molecule has 162 valence electrons. The molecule has 3 aromatic rings. The van der Waals surface area contributed by atoms with Crippen LogP contribution in [0.15, 0.2) is 54.2 Å². The first kappa shape index (κ1) is 21.0. The Morgan fingerprint density at radius 2 is 1.75 bits per heavy atom. The number of carbonyl (C=O) groups excluding carboxylic acids is 4. The van der Waals surface area contributed by atoms with Gasteiger partial charge in [-0.3, -0.25) is 19.7 Å². The van der Waals surface area contributed by atoms with Crippen molar-refractivity contribution in [2.45, 2.75) is 20.4 Å². The average Bonchev–Trinajstić information content (AvgIpc) is 3.07. The van der Waals surface area contributed by atoms with Crippen LogP contribution in [0.3, 0.4) is 0 Å². The van der Waals surface area contributed by atoms with Gasteiger partial charge in [0.15, 0.2) is 0 Å². The molecule has 1 aliphatic heterocycles. The number of hydrogen-bond donors (Lipinski definition) is 1. The lowest BCUT2D eigenvalue weighted by Gasteiger charge is -2.26. The molecule has 1 N–H and O–H groups in total. The van der Waals surface area contributed by atoms with Crippen LogP contribution < -0.4 is 10.2 Å². The van der Waals surface area contributed by atoms with E-state index in [2.05, 4.69) is 5.32 Å². The minimum absolute atomic E-state index is 0.0203. The first-order valence-electron chi connectivity index (χ1n) is 9.93. The van der Waals surface area contributed by atoms with E-state index >= 15 is 0 Å². The van der Waals surface area contributed by atoms with Crippen molar-refractivity contribution in [1.82, 2.24) is 9.88 Å². The highest BCUT2D eigenvalue weighted by molar-refractivity contribution is 6.39. The van der Waals surface area contributed by atoms with E-state index in [-0.39, 0.29) is 12.1 Å². The van der Waals surface area contributed by atoms with Gasteiger partial charge in [0.25, 0.3) is 11.8 Å². The number of imide groups is 2. The van der Waals surface area contributed by atoms with Crippen LogP contribution in [-0.4, -0.2) is 35.5 Å². The number of methoxy groups -OCH3 is 1. The number of barbiturate groups is 1. The fraction of sp³-hybridized carbons (Fsp3) is 0.167. The molecular weight excluding hydrogens is 410 g/mol. The largest absolute Gasteiger partial charge is 0.468 e. The smallest absolute Gasteiger partial charge is 0.335 e. The van der Waals surface area contributed by atoms with Gasteiger partial charge in [-0.15, -0.1) is 0 Å². The fourth-order valence-electron chi connectivity index (χ4n) is 3.85. The Labute approximate surface area is 184 Å². The third-order valence-electron chi connectivity index (χ3n) is 5.21. The zero-order valence-electron chi connectivity index (χ0n) is 17.8. The van der Waals surface area contributed by atoms with Crippen LogP contribution in [0.4, 0.5) is 10.5 Å². The number of fused-ring (bicyclic) bond motifs is 1. The molecule has 0 unspecified atom stereocenters. The molecule has 1 saturated heterocycles. The molecule has 1 fully saturated rings. The van der Waals surface area contributed by atoms with Gasteiger partial charge in [-0.2, -0.15) is 0 Å². The van der Waals surface area contributed by atoms with Crippen molar-refractivity contribution in [2.24, 2.45) is 0 Å². The van der Waals surface area contributed by atoms with Crippen LogP contribution in [0.1, 0.15) is 16.7 Å². The molecule has 4 amide bonds. The van der Waals surface area contributed by atoms with Gasteiger partial charge in [-0.25, -0.2) is 9.69 Å². The normalized spacial score (nSPS) is 15.4. The van der Waals surface area contributed by atoms with Crippen LogP contribution in [0.25, 0.3) is 17.0 Å². The van der Waals surface area contributed by atoms with Gasteiger partial charge in [-0.1, -0.05) is 24.3 Å². The van der Waals surface area contributed by atoms with Crippen LogP contribution in [0.2, 0.25) is 0 Å². The van der Waals surface area contributed by atoms with E-state index in [0.29, 0.717) is 11.3 Å². The van der Waals surface area contributed by atoms with Crippen molar-refractivity contribution in [3.05, 3.63) is 70.9 Å². The molecule has 4 rings (SSSR count). The lowest BCUT2D eigenvalue weighted by atomic mass is 10.0. The van der Waals surface area contributed by atoms with Gasteiger partial charge in [0.2, 0.25) is 0 Å². The second kappa shape index (κ2) is 8.14. The molecule has 2 aromatic carbocycles. The Hall–Kier alpha value is -4.20. The minimum Gasteiger partial charge on any atom is -0.468 e. The molecule has 1 aliphatic rings. The fourth-order valence-corrected chi connectivity index (χ4v) is 3.85. The third kappa shape index (κ3) is 3.78. The summed E-state index contributed by atoms with van der Waals surface area (Å²) in [6, 6.07) is 11.8. The molecule has 8 heteroatoms. The van der Waals surface area contributed by atoms with Crippen LogP contribution in [0, 0.1) is 13.8 Å². The number of aromatic nitrogens is 1. The molecule has 0 bridgehead atoms. The van der Waals surface area contributed by atoms with E-state index in [0.717, 1.165) is 26.9 Å². The molecule has 32 heavy (non-hydrogen) atoms. The van der Waals surface area contributed by atoms with E-state index in [1.54, 1.807) is 22.9 Å². The summed E-state index contributed by atoms with van der Waals surface area (Å²) in [4.78, 5) is 51.1. The molecule has 0 aliphatic carbocycles. The summed E-state index contributed by atoms with van der Waals surface area (Å²) in [6.07, 6.45) is 3.11. The van der Waals surface area contributed by atoms with Crippen LogP contribution >= 0.6 is 0 Å². The number of carbonyl (C=O) groups is 4. The zero-order chi connectivity index (χ0) is 23.0. The summed E-state index contributed by atoms with van der Waals surface area (Å²) in [7, 11) is 1.31. The third-order valence-corrected chi connectivity index (χ3v) is 5.21. The second-order valence-corrected chi connectivity index (χ2v) is 7.61. The Balaban J connectivity index is 1.80. The van der Waals surface area contributed by atoms with Gasteiger partial charge in [-0.05, 0) is 49.2 Å². The summed E-state index contributed by atoms with van der Waals surface area (Å²) < 4.78 is 6.44. The first-order chi connectivity index (χ1) is 15.3. The Bertz CT molecular complexity index is 1300. The summed E-state index contributed by atoms with van der Waals surface area (Å²) in [5.41, 5.74) is 3.29. The van der Waals surface area contributed by atoms with Gasteiger partial charge in [0, 0.05) is 22.7 Å². The number of esters is 1. The molecule has 0 radical (unpaired) electrons. The average molecular weight is 431 g/mol. The number of benzene rings is 2. The highest BCUT2D eigenvalue weighted by Crippen LogP contribution is 2.27. The molecule has 8 nitrogen and oxygen atoms in total. The maximum Gasteiger partial charge on any atom is 0.335 e. The standard InChI is InChI=1S/C24H21N3O5/c1-14-8-15(2)10-17(9-14)27-23(30)19(22(29)25-24(27)31)11-16-12-26(13-21(28)32-3)20-7-5-4-6-18(16)20/h4-12H,13H2,1-3H3,(H,25,29,31)/b19-11+. The lowest BCUT2D eigenvalue weighted by molar-refractivity contribution is -0.141. The van der Waals surface area contributed by atoms with Crippen molar-refractivity contribution in [2.75, 3.05) is 12.0 Å². The van der Waals surface area contributed by atoms with Crippen molar-refractivity contribution in [3.63, 3.8) is 0 Å². The van der Waals surface area contributed by atoms with E-state index in [1.165, 1.54) is 13.2 Å². The van der Waals surface area contributed by atoms with Gasteiger partial charge in [0.1, 0.15) is 12.1 Å². The van der Waals surface area contributed by atoms with Gasteiger partial charge < -0.3 is 9.30 Å². The molecule has 1 aromatic heterocycles. The minimum atomic E-state index is -0.796. The quantitative estimate of drug-likeness (QED) is 0.389. The number of rotatable bonds is 4. The first-order valence-corrected chi connectivity index (χ1v) is 9.93. The second-order valence-electron chi connectivity index (χ2n) is 7.61. The number of ether oxygens (including phenoxy) is 1. The Kier molecular flexibility index (Phi) is 5.36. The number of hydrogen-bond acceptors (Lipinski definition) is 5. The maximum absolute atomic E-state index is 13.2. The number of para-hydroxylation sites is 1. The number of nitrogens with zero attached hydrogens (tertiary/aromatic N) is 2.